The zero-order chi connectivity index (χ0) is 9.97. The normalized spacial score (nSPS) is 18.7. The summed E-state index contributed by atoms with van der Waals surface area (Å²) in [5.41, 5.74) is 1.33. The maximum atomic E-state index is 4.42. The molecule has 1 aliphatic rings. The van der Waals surface area contributed by atoms with Gasteiger partial charge in [0.05, 0.1) is 9.77 Å². The van der Waals surface area contributed by atoms with Crippen LogP contribution >= 0.6 is 22.6 Å². The van der Waals surface area contributed by atoms with Gasteiger partial charge in [0.15, 0.2) is 0 Å². The molecule has 0 unspecified atom stereocenters. The molecule has 0 bridgehead atoms. The highest BCUT2D eigenvalue weighted by Gasteiger charge is 2.15. The second-order valence-electron chi connectivity index (χ2n) is 4.26. The van der Waals surface area contributed by atoms with Crippen molar-refractivity contribution in [3.05, 3.63) is 15.5 Å². The van der Waals surface area contributed by atoms with E-state index in [1.54, 1.807) is 0 Å². The minimum Gasteiger partial charge on any atom is -0.269 e. The molecule has 78 valence electrons. The number of halogens is 1. The third-order valence-corrected chi connectivity index (χ3v) is 4.26. The van der Waals surface area contributed by atoms with Crippen LogP contribution in [0.3, 0.4) is 0 Å². The first kappa shape index (κ1) is 10.5. The monoisotopic (exact) mass is 304 g/mol. The molecule has 0 saturated heterocycles. The van der Waals surface area contributed by atoms with Gasteiger partial charge in [-0.2, -0.15) is 5.10 Å². The molecule has 1 aromatic heterocycles. The van der Waals surface area contributed by atoms with Gasteiger partial charge < -0.3 is 0 Å². The third kappa shape index (κ3) is 2.30. The summed E-state index contributed by atoms with van der Waals surface area (Å²) >= 11 is 2.36. The van der Waals surface area contributed by atoms with Gasteiger partial charge in [0.25, 0.3) is 0 Å². The number of nitrogens with zero attached hydrogens (tertiary/aromatic N) is 2. The van der Waals surface area contributed by atoms with Crippen molar-refractivity contribution in [3.8, 4) is 0 Å². The number of rotatable bonds is 2. The van der Waals surface area contributed by atoms with Gasteiger partial charge in [-0.3, -0.25) is 4.68 Å². The van der Waals surface area contributed by atoms with E-state index >= 15 is 0 Å². The van der Waals surface area contributed by atoms with Crippen LogP contribution in [0.15, 0.2) is 6.20 Å². The Morgan fingerprint density at radius 2 is 2.14 bits per heavy atom. The molecule has 0 radical (unpaired) electrons. The molecule has 1 aromatic rings. The summed E-state index contributed by atoms with van der Waals surface area (Å²) in [7, 11) is 0. The Morgan fingerprint density at radius 1 is 1.43 bits per heavy atom. The minimum atomic E-state index is 0.873. The summed E-state index contributed by atoms with van der Waals surface area (Å²) in [6.45, 7) is 3.30. The zero-order valence-corrected chi connectivity index (χ0v) is 10.8. The Labute approximate surface area is 99.2 Å². The van der Waals surface area contributed by atoms with Crippen LogP contribution in [-0.4, -0.2) is 9.78 Å². The highest BCUT2D eigenvalue weighted by Crippen LogP contribution is 2.25. The van der Waals surface area contributed by atoms with E-state index in [0.717, 1.165) is 12.5 Å². The molecule has 1 fully saturated rings. The summed E-state index contributed by atoms with van der Waals surface area (Å²) < 4.78 is 3.47. The van der Waals surface area contributed by atoms with Gasteiger partial charge in [0.2, 0.25) is 0 Å². The van der Waals surface area contributed by atoms with Crippen LogP contribution in [0.4, 0.5) is 0 Å². The lowest BCUT2D eigenvalue weighted by Gasteiger charge is -2.21. The van der Waals surface area contributed by atoms with Crippen LogP contribution in [0.5, 0.6) is 0 Å². The lowest BCUT2D eigenvalue weighted by Crippen LogP contribution is -2.15. The maximum Gasteiger partial charge on any atom is 0.0626 e. The Bertz CT molecular complexity index is 300. The van der Waals surface area contributed by atoms with E-state index in [9.17, 15) is 0 Å². The van der Waals surface area contributed by atoms with Crippen molar-refractivity contribution in [1.29, 1.82) is 0 Å². The van der Waals surface area contributed by atoms with Crippen LogP contribution in [0.1, 0.15) is 37.8 Å². The Morgan fingerprint density at radius 3 is 2.71 bits per heavy atom. The van der Waals surface area contributed by atoms with E-state index in [2.05, 4.69) is 39.3 Å². The van der Waals surface area contributed by atoms with Crippen molar-refractivity contribution in [2.24, 2.45) is 5.92 Å². The van der Waals surface area contributed by atoms with Crippen LogP contribution < -0.4 is 0 Å². The third-order valence-electron chi connectivity index (χ3n) is 3.20. The molecule has 1 aliphatic carbocycles. The number of aromatic nitrogens is 2. The molecule has 0 aliphatic heterocycles. The fraction of sp³-hybridized carbons (Fsp3) is 0.727. The molecule has 14 heavy (non-hydrogen) atoms. The first-order valence-corrected chi connectivity index (χ1v) is 6.53. The highest BCUT2D eigenvalue weighted by atomic mass is 127. The van der Waals surface area contributed by atoms with Crippen molar-refractivity contribution < 1.29 is 0 Å². The average Bonchev–Trinajstić information content (AvgIpc) is 2.52. The van der Waals surface area contributed by atoms with Crippen molar-refractivity contribution in [1.82, 2.24) is 9.78 Å². The first-order valence-electron chi connectivity index (χ1n) is 5.45. The summed E-state index contributed by atoms with van der Waals surface area (Å²) in [5, 5.41) is 4.42. The highest BCUT2D eigenvalue weighted by molar-refractivity contribution is 14.1. The fourth-order valence-electron chi connectivity index (χ4n) is 2.22. The lowest BCUT2D eigenvalue weighted by molar-refractivity contribution is 0.306. The average molecular weight is 304 g/mol. The second kappa shape index (κ2) is 4.64. The Kier molecular flexibility index (Phi) is 3.47. The van der Waals surface area contributed by atoms with Crippen LogP contribution in [-0.2, 0) is 6.54 Å². The summed E-state index contributed by atoms with van der Waals surface area (Å²) in [4.78, 5) is 0. The molecule has 3 heteroatoms. The Balaban J connectivity index is 1.99. The largest absolute Gasteiger partial charge is 0.269 e. The van der Waals surface area contributed by atoms with Crippen molar-refractivity contribution in [2.75, 3.05) is 0 Å². The Hall–Kier alpha value is -0.0600. The molecule has 1 heterocycles. The standard InChI is InChI=1S/C11H17IN2/c1-9-11(12)7-13-14(9)8-10-5-3-2-4-6-10/h7,10H,2-6,8H2,1H3. The summed E-state index contributed by atoms with van der Waals surface area (Å²) in [6.07, 6.45) is 9.04. The smallest absolute Gasteiger partial charge is 0.0626 e. The molecular formula is C11H17IN2. The summed E-state index contributed by atoms with van der Waals surface area (Å²) in [5.74, 6) is 0.873. The molecular weight excluding hydrogens is 287 g/mol. The van der Waals surface area contributed by atoms with Gasteiger partial charge in [-0.25, -0.2) is 0 Å². The molecule has 0 atom stereocenters. The van der Waals surface area contributed by atoms with Gasteiger partial charge in [-0.15, -0.1) is 0 Å². The van der Waals surface area contributed by atoms with Crippen molar-refractivity contribution in [2.45, 2.75) is 45.6 Å². The van der Waals surface area contributed by atoms with Gasteiger partial charge >= 0.3 is 0 Å². The van der Waals surface area contributed by atoms with E-state index in [4.69, 9.17) is 0 Å². The van der Waals surface area contributed by atoms with Gasteiger partial charge in [0, 0.05) is 12.2 Å². The second-order valence-corrected chi connectivity index (χ2v) is 5.43. The van der Waals surface area contributed by atoms with Crippen molar-refractivity contribution in [3.63, 3.8) is 0 Å². The predicted molar refractivity (Wildman–Crippen MR) is 66.3 cm³/mol. The van der Waals surface area contributed by atoms with Crippen LogP contribution in [0, 0.1) is 16.4 Å². The predicted octanol–water partition coefficient (Wildman–Crippen LogP) is 3.38. The van der Waals surface area contributed by atoms with Crippen LogP contribution in [0.25, 0.3) is 0 Å². The molecule has 2 nitrogen and oxygen atoms in total. The number of hydrogen-bond donors (Lipinski definition) is 0. The van der Waals surface area contributed by atoms with Gasteiger partial charge in [0.1, 0.15) is 0 Å². The quantitative estimate of drug-likeness (QED) is 0.766. The topological polar surface area (TPSA) is 17.8 Å². The number of hydrogen-bond acceptors (Lipinski definition) is 1. The molecule has 0 amide bonds. The van der Waals surface area contributed by atoms with Crippen LogP contribution in [0.2, 0.25) is 0 Å². The zero-order valence-electron chi connectivity index (χ0n) is 8.67. The fourth-order valence-corrected chi connectivity index (χ4v) is 2.63. The van der Waals surface area contributed by atoms with E-state index in [1.165, 1.54) is 41.4 Å². The van der Waals surface area contributed by atoms with Crippen molar-refractivity contribution >= 4 is 22.6 Å². The van der Waals surface area contributed by atoms with E-state index in [0.29, 0.717) is 0 Å². The first-order chi connectivity index (χ1) is 6.77. The molecule has 0 N–H and O–H groups in total. The maximum absolute atomic E-state index is 4.42. The summed E-state index contributed by atoms with van der Waals surface area (Å²) in [6, 6.07) is 0. The molecule has 1 saturated carbocycles. The molecule has 2 rings (SSSR count). The minimum absolute atomic E-state index is 0.873. The van der Waals surface area contributed by atoms with E-state index < -0.39 is 0 Å². The van der Waals surface area contributed by atoms with Gasteiger partial charge in [-0.05, 0) is 48.3 Å². The molecule has 0 spiro atoms. The lowest BCUT2D eigenvalue weighted by atomic mass is 9.89. The van der Waals surface area contributed by atoms with Gasteiger partial charge in [-0.1, -0.05) is 19.3 Å². The van der Waals surface area contributed by atoms with E-state index in [-0.39, 0.29) is 0 Å². The van der Waals surface area contributed by atoms with E-state index in [1.807, 2.05) is 6.20 Å². The SMILES string of the molecule is Cc1c(I)cnn1CC1CCCCC1. The molecule has 0 aromatic carbocycles.